The average Bonchev–Trinajstić information content (AvgIpc) is 2.73. The van der Waals surface area contributed by atoms with Crippen LogP contribution in [0, 0.1) is 5.41 Å². The molecule has 0 radical (unpaired) electrons. The summed E-state index contributed by atoms with van der Waals surface area (Å²) in [6.07, 6.45) is 0.570. The van der Waals surface area contributed by atoms with E-state index in [1.54, 1.807) is 6.92 Å². The number of anilines is 1. The molecule has 2 N–H and O–H groups in total. The maximum absolute atomic E-state index is 11.2. The fourth-order valence-electron chi connectivity index (χ4n) is 1.22. The second-order valence-corrected chi connectivity index (χ2v) is 6.50. The van der Waals surface area contributed by atoms with Gasteiger partial charge in [-0.05, 0) is 13.3 Å². The standard InChI is InChI=1S/C12H21N3O2S/c1-6-12(5,9(16)17)7-13-10-14-8(15-18-10)11(2,3)4/h6-7H2,1-5H3,(H,16,17)(H,13,14,15). The molecule has 0 saturated carbocycles. The summed E-state index contributed by atoms with van der Waals surface area (Å²) in [5.41, 5.74) is -0.856. The van der Waals surface area contributed by atoms with Crippen LogP contribution in [0.25, 0.3) is 0 Å². The van der Waals surface area contributed by atoms with Crippen molar-refractivity contribution in [2.24, 2.45) is 5.41 Å². The lowest BCUT2D eigenvalue weighted by atomic mass is 9.88. The lowest BCUT2D eigenvalue weighted by Crippen LogP contribution is -2.34. The molecule has 1 heterocycles. The van der Waals surface area contributed by atoms with E-state index in [1.165, 1.54) is 11.5 Å². The van der Waals surface area contributed by atoms with Gasteiger partial charge in [-0.3, -0.25) is 4.79 Å². The Hall–Kier alpha value is -1.17. The van der Waals surface area contributed by atoms with Crippen molar-refractivity contribution in [1.82, 2.24) is 9.36 Å². The molecule has 6 heteroatoms. The number of nitrogens with zero attached hydrogens (tertiary/aromatic N) is 2. The quantitative estimate of drug-likeness (QED) is 0.861. The van der Waals surface area contributed by atoms with Gasteiger partial charge in [-0.25, -0.2) is 4.98 Å². The molecule has 1 aromatic rings. The molecule has 0 spiro atoms. The van der Waals surface area contributed by atoms with Gasteiger partial charge in [-0.1, -0.05) is 27.7 Å². The molecule has 0 fully saturated rings. The highest BCUT2D eigenvalue weighted by Crippen LogP contribution is 2.25. The number of aliphatic carboxylic acids is 1. The number of carboxylic acids is 1. The Morgan fingerprint density at radius 1 is 1.39 bits per heavy atom. The first-order valence-corrected chi connectivity index (χ1v) is 6.78. The molecule has 1 unspecified atom stereocenters. The van der Waals surface area contributed by atoms with E-state index in [4.69, 9.17) is 0 Å². The van der Waals surface area contributed by atoms with Gasteiger partial charge in [0, 0.05) is 23.5 Å². The highest BCUT2D eigenvalue weighted by molar-refractivity contribution is 7.09. The van der Waals surface area contributed by atoms with E-state index in [9.17, 15) is 9.90 Å². The van der Waals surface area contributed by atoms with Crippen LogP contribution in [0.4, 0.5) is 5.13 Å². The van der Waals surface area contributed by atoms with Crippen LogP contribution in [0.5, 0.6) is 0 Å². The fraction of sp³-hybridized carbons (Fsp3) is 0.750. The van der Waals surface area contributed by atoms with E-state index in [-0.39, 0.29) is 5.41 Å². The molecule has 0 bridgehead atoms. The number of nitrogens with one attached hydrogen (secondary N) is 1. The van der Waals surface area contributed by atoms with Crippen molar-refractivity contribution in [2.75, 3.05) is 11.9 Å². The predicted molar refractivity (Wildman–Crippen MR) is 73.1 cm³/mol. The Labute approximate surface area is 112 Å². The van der Waals surface area contributed by atoms with E-state index in [0.29, 0.717) is 18.1 Å². The Morgan fingerprint density at radius 2 is 2.00 bits per heavy atom. The first-order valence-electron chi connectivity index (χ1n) is 6.00. The predicted octanol–water partition coefficient (Wildman–Crippen LogP) is 2.75. The van der Waals surface area contributed by atoms with Crippen molar-refractivity contribution in [2.45, 2.75) is 46.5 Å². The topological polar surface area (TPSA) is 75.1 Å². The summed E-state index contributed by atoms with van der Waals surface area (Å²) in [7, 11) is 0. The second-order valence-electron chi connectivity index (χ2n) is 5.75. The van der Waals surface area contributed by atoms with Crippen molar-refractivity contribution < 1.29 is 9.90 Å². The van der Waals surface area contributed by atoms with Gasteiger partial charge in [0.15, 0.2) is 0 Å². The lowest BCUT2D eigenvalue weighted by molar-refractivity contribution is -0.147. The van der Waals surface area contributed by atoms with E-state index in [0.717, 1.165) is 5.82 Å². The minimum Gasteiger partial charge on any atom is -0.481 e. The minimum absolute atomic E-state index is 0.0860. The third kappa shape index (κ3) is 3.41. The molecule has 0 aromatic carbocycles. The number of hydrogen-bond acceptors (Lipinski definition) is 5. The largest absolute Gasteiger partial charge is 0.481 e. The summed E-state index contributed by atoms with van der Waals surface area (Å²) in [5, 5.41) is 12.9. The molecular formula is C12H21N3O2S. The highest BCUT2D eigenvalue weighted by Gasteiger charge is 2.31. The zero-order valence-electron chi connectivity index (χ0n) is 11.6. The van der Waals surface area contributed by atoms with Gasteiger partial charge in [-0.2, -0.15) is 4.37 Å². The lowest BCUT2D eigenvalue weighted by Gasteiger charge is -2.22. The Bertz CT molecular complexity index is 425. The van der Waals surface area contributed by atoms with Crippen LogP contribution in [0.1, 0.15) is 46.9 Å². The molecule has 5 nitrogen and oxygen atoms in total. The molecule has 1 atom stereocenters. The van der Waals surface area contributed by atoms with Crippen LogP contribution in [-0.2, 0) is 10.2 Å². The molecular weight excluding hydrogens is 250 g/mol. The van der Waals surface area contributed by atoms with Crippen molar-refractivity contribution in [3.8, 4) is 0 Å². The van der Waals surface area contributed by atoms with Gasteiger partial charge in [-0.15, -0.1) is 0 Å². The smallest absolute Gasteiger partial charge is 0.311 e. The van der Waals surface area contributed by atoms with Crippen LogP contribution in [0.15, 0.2) is 0 Å². The zero-order chi connectivity index (χ0) is 14.0. The fourth-order valence-corrected chi connectivity index (χ4v) is 1.97. The van der Waals surface area contributed by atoms with Crippen molar-refractivity contribution >= 4 is 22.6 Å². The van der Waals surface area contributed by atoms with Crippen molar-refractivity contribution in [3.63, 3.8) is 0 Å². The van der Waals surface area contributed by atoms with Gasteiger partial charge in [0.25, 0.3) is 0 Å². The van der Waals surface area contributed by atoms with Gasteiger partial charge in [0.1, 0.15) is 5.82 Å². The van der Waals surface area contributed by atoms with Crippen LogP contribution < -0.4 is 5.32 Å². The molecule has 0 aliphatic rings. The molecule has 1 rings (SSSR count). The normalized spacial score (nSPS) is 15.2. The maximum atomic E-state index is 11.2. The summed E-state index contributed by atoms with van der Waals surface area (Å²) >= 11 is 1.27. The van der Waals surface area contributed by atoms with E-state index in [2.05, 4.69) is 14.7 Å². The zero-order valence-corrected chi connectivity index (χ0v) is 12.4. The summed E-state index contributed by atoms with van der Waals surface area (Å²) in [4.78, 5) is 15.5. The molecule has 0 aliphatic carbocycles. The molecule has 0 saturated heterocycles. The van der Waals surface area contributed by atoms with Crippen molar-refractivity contribution in [1.29, 1.82) is 0 Å². The Morgan fingerprint density at radius 3 is 2.39 bits per heavy atom. The number of carboxylic acid groups (broad SMARTS) is 1. The first-order chi connectivity index (χ1) is 8.19. The van der Waals surface area contributed by atoms with E-state index >= 15 is 0 Å². The van der Waals surface area contributed by atoms with E-state index < -0.39 is 11.4 Å². The van der Waals surface area contributed by atoms with Crippen LogP contribution in [0.3, 0.4) is 0 Å². The van der Waals surface area contributed by atoms with Crippen LogP contribution in [-0.4, -0.2) is 27.0 Å². The number of hydrogen-bond donors (Lipinski definition) is 2. The average molecular weight is 271 g/mol. The van der Waals surface area contributed by atoms with Crippen LogP contribution >= 0.6 is 11.5 Å². The highest BCUT2D eigenvalue weighted by atomic mass is 32.1. The number of rotatable bonds is 5. The Balaban J connectivity index is 2.70. The summed E-state index contributed by atoms with van der Waals surface area (Å²) < 4.78 is 4.28. The second kappa shape index (κ2) is 5.22. The minimum atomic E-state index is -0.793. The molecule has 1 aromatic heterocycles. The summed E-state index contributed by atoms with van der Waals surface area (Å²) in [6.45, 7) is 10.1. The summed E-state index contributed by atoms with van der Waals surface area (Å²) in [6, 6.07) is 0. The summed E-state index contributed by atoms with van der Waals surface area (Å²) in [5.74, 6) is -0.0124. The molecule has 102 valence electrons. The molecule has 18 heavy (non-hydrogen) atoms. The van der Waals surface area contributed by atoms with E-state index in [1.807, 2.05) is 27.7 Å². The third-order valence-electron chi connectivity index (χ3n) is 3.02. The monoisotopic (exact) mass is 271 g/mol. The molecule has 0 amide bonds. The number of aromatic nitrogens is 2. The van der Waals surface area contributed by atoms with Gasteiger partial charge in [0.05, 0.1) is 5.41 Å². The van der Waals surface area contributed by atoms with Gasteiger partial charge >= 0.3 is 5.97 Å². The third-order valence-corrected chi connectivity index (χ3v) is 3.70. The SMILES string of the molecule is CCC(C)(CNc1nc(C(C)(C)C)ns1)C(=O)O. The van der Waals surface area contributed by atoms with Gasteiger partial charge in [0.2, 0.25) is 5.13 Å². The Kier molecular flexibility index (Phi) is 4.32. The van der Waals surface area contributed by atoms with Crippen LogP contribution in [0.2, 0.25) is 0 Å². The maximum Gasteiger partial charge on any atom is 0.311 e. The first kappa shape index (κ1) is 14.9. The number of carbonyl (C=O) groups is 1. The molecule has 0 aliphatic heterocycles. The van der Waals surface area contributed by atoms with Gasteiger partial charge < -0.3 is 10.4 Å². The van der Waals surface area contributed by atoms with Crippen molar-refractivity contribution in [3.05, 3.63) is 5.82 Å².